The lowest BCUT2D eigenvalue weighted by atomic mass is 10.2. The maximum absolute atomic E-state index is 12.2. The Morgan fingerprint density at radius 3 is 3.05 bits per heavy atom. The van der Waals surface area contributed by atoms with Crippen molar-refractivity contribution in [2.45, 2.75) is 25.1 Å². The van der Waals surface area contributed by atoms with Crippen LogP contribution in [-0.4, -0.2) is 46.6 Å². The first-order valence-electron chi connectivity index (χ1n) is 6.64. The summed E-state index contributed by atoms with van der Waals surface area (Å²) in [7, 11) is 1.78. The Kier molecular flexibility index (Phi) is 3.69. The summed E-state index contributed by atoms with van der Waals surface area (Å²) < 4.78 is 1.14. The topological polar surface area (TPSA) is 65.5 Å². The molecular formula is C14H17N3O2S. The van der Waals surface area contributed by atoms with Gasteiger partial charge >= 0.3 is 0 Å². The molecule has 0 bridgehead atoms. The third-order valence-corrected chi connectivity index (χ3v) is 4.51. The predicted molar refractivity (Wildman–Crippen MR) is 78.5 cm³/mol. The summed E-state index contributed by atoms with van der Waals surface area (Å²) in [5, 5.41) is 13.4. The first-order chi connectivity index (χ1) is 9.63. The number of para-hydroxylation sites is 1. The summed E-state index contributed by atoms with van der Waals surface area (Å²) in [5.41, 5.74) is 0.975. The van der Waals surface area contributed by atoms with Gasteiger partial charge in [0.1, 0.15) is 5.01 Å². The molecule has 1 saturated heterocycles. The molecule has 20 heavy (non-hydrogen) atoms. The number of aromatic nitrogens is 1. The zero-order valence-electron chi connectivity index (χ0n) is 11.2. The summed E-state index contributed by atoms with van der Waals surface area (Å²) in [5.74, 6) is 0.0146. The average Bonchev–Trinajstić information content (AvgIpc) is 3.03. The minimum absolute atomic E-state index is 0.0146. The van der Waals surface area contributed by atoms with Crippen molar-refractivity contribution in [1.29, 1.82) is 0 Å². The highest BCUT2D eigenvalue weighted by Gasteiger charge is 2.30. The number of aliphatic hydroxyl groups is 1. The number of likely N-dealkylation sites (N-methyl/N-ethyl adjacent to an activating group) is 1. The lowest BCUT2D eigenvalue weighted by Crippen LogP contribution is -2.41. The molecule has 2 atom stereocenters. The third kappa shape index (κ3) is 2.67. The van der Waals surface area contributed by atoms with Crippen molar-refractivity contribution in [2.75, 3.05) is 13.6 Å². The minimum Gasteiger partial charge on any atom is -0.392 e. The molecule has 0 spiro atoms. The van der Waals surface area contributed by atoms with E-state index in [0.717, 1.165) is 15.2 Å². The highest BCUT2D eigenvalue weighted by atomic mass is 32.1. The quantitative estimate of drug-likeness (QED) is 0.884. The van der Waals surface area contributed by atoms with E-state index >= 15 is 0 Å². The van der Waals surface area contributed by atoms with Crippen molar-refractivity contribution in [2.24, 2.45) is 0 Å². The lowest BCUT2D eigenvalue weighted by molar-refractivity contribution is -0.132. The monoisotopic (exact) mass is 291 g/mol. The summed E-state index contributed by atoms with van der Waals surface area (Å²) in [4.78, 5) is 18.4. The summed E-state index contributed by atoms with van der Waals surface area (Å²) in [6, 6.07) is 7.69. The van der Waals surface area contributed by atoms with Crippen LogP contribution in [0.1, 0.15) is 11.4 Å². The molecule has 1 aromatic heterocycles. The van der Waals surface area contributed by atoms with Crippen molar-refractivity contribution >= 4 is 27.5 Å². The number of carbonyl (C=O) groups is 1. The normalized spacial score (nSPS) is 22.3. The number of carbonyl (C=O) groups excluding carboxylic acids is 1. The van der Waals surface area contributed by atoms with Gasteiger partial charge in [0, 0.05) is 13.6 Å². The number of hydrogen-bond donors (Lipinski definition) is 2. The molecule has 0 aliphatic carbocycles. The van der Waals surface area contributed by atoms with Gasteiger partial charge in [-0.3, -0.25) is 4.79 Å². The van der Waals surface area contributed by atoms with Crippen LogP contribution < -0.4 is 5.32 Å². The molecule has 2 N–H and O–H groups in total. The maximum Gasteiger partial charge on any atom is 0.239 e. The number of nitrogens with one attached hydrogen (secondary N) is 1. The van der Waals surface area contributed by atoms with E-state index in [2.05, 4.69) is 10.3 Å². The fraction of sp³-hybridized carbons (Fsp3) is 0.429. The van der Waals surface area contributed by atoms with Crippen LogP contribution in [0, 0.1) is 0 Å². The molecule has 0 radical (unpaired) electrons. The average molecular weight is 291 g/mol. The zero-order valence-corrected chi connectivity index (χ0v) is 12.1. The lowest BCUT2D eigenvalue weighted by Gasteiger charge is -2.19. The van der Waals surface area contributed by atoms with Crippen molar-refractivity contribution < 1.29 is 9.90 Å². The summed E-state index contributed by atoms with van der Waals surface area (Å²) in [6.07, 6.45) is 0.0723. The van der Waals surface area contributed by atoms with Crippen LogP contribution in [0.3, 0.4) is 0 Å². The van der Waals surface area contributed by atoms with E-state index in [-0.39, 0.29) is 11.9 Å². The first-order valence-corrected chi connectivity index (χ1v) is 7.46. The van der Waals surface area contributed by atoms with Crippen LogP contribution in [0.4, 0.5) is 0 Å². The molecule has 106 valence electrons. The number of hydrogen-bond acceptors (Lipinski definition) is 5. The number of benzene rings is 1. The van der Waals surface area contributed by atoms with Gasteiger partial charge in [-0.15, -0.1) is 11.3 Å². The summed E-state index contributed by atoms with van der Waals surface area (Å²) in [6.45, 7) is 0.998. The van der Waals surface area contributed by atoms with Gasteiger partial charge in [0.05, 0.1) is 28.9 Å². The number of thiazole rings is 1. The van der Waals surface area contributed by atoms with Gasteiger partial charge < -0.3 is 15.3 Å². The molecule has 3 rings (SSSR count). The Hall–Kier alpha value is -1.50. The highest BCUT2D eigenvalue weighted by molar-refractivity contribution is 7.18. The minimum atomic E-state index is -0.417. The first kappa shape index (κ1) is 13.5. The molecule has 1 aliphatic rings. The Bertz CT molecular complexity index is 595. The zero-order chi connectivity index (χ0) is 14.1. The molecule has 6 heteroatoms. The molecule has 1 fully saturated rings. The van der Waals surface area contributed by atoms with Crippen LogP contribution in [0.2, 0.25) is 0 Å². The molecule has 1 aromatic carbocycles. The van der Waals surface area contributed by atoms with Gasteiger partial charge in [0.25, 0.3) is 0 Å². The van der Waals surface area contributed by atoms with E-state index in [1.807, 2.05) is 24.3 Å². The molecule has 2 heterocycles. The Morgan fingerprint density at radius 2 is 2.35 bits per heavy atom. The number of aliphatic hydroxyl groups excluding tert-OH is 1. The second-order valence-corrected chi connectivity index (χ2v) is 6.24. The van der Waals surface area contributed by atoms with Gasteiger partial charge in [-0.25, -0.2) is 4.98 Å². The van der Waals surface area contributed by atoms with E-state index in [9.17, 15) is 9.90 Å². The maximum atomic E-state index is 12.2. The van der Waals surface area contributed by atoms with E-state index in [1.165, 1.54) is 0 Å². The van der Waals surface area contributed by atoms with Gasteiger partial charge in [-0.05, 0) is 18.6 Å². The second kappa shape index (κ2) is 5.47. The van der Waals surface area contributed by atoms with Gasteiger partial charge in [-0.1, -0.05) is 12.1 Å². The van der Waals surface area contributed by atoms with Crippen molar-refractivity contribution in [3.8, 4) is 0 Å². The van der Waals surface area contributed by atoms with E-state index < -0.39 is 6.10 Å². The molecule has 2 unspecified atom stereocenters. The van der Waals surface area contributed by atoms with Crippen molar-refractivity contribution in [3.63, 3.8) is 0 Å². The largest absolute Gasteiger partial charge is 0.392 e. The standard InChI is InChI=1S/C14H17N3O2S/c1-17(14(19)11-6-9(18)7-15-11)8-13-16-10-4-2-3-5-12(10)20-13/h2-5,9,11,15,18H,6-8H2,1H3. The molecule has 0 saturated carbocycles. The van der Waals surface area contributed by atoms with E-state index in [1.54, 1.807) is 23.3 Å². The van der Waals surface area contributed by atoms with Gasteiger partial charge in [-0.2, -0.15) is 0 Å². The number of fused-ring (bicyclic) bond motifs is 1. The van der Waals surface area contributed by atoms with Crippen molar-refractivity contribution in [1.82, 2.24) is 15.2 Å². The smallest absolute Gasteiger partial charge is 0.239 e. The highest BCUT2D eigenvalue weighted by Crippen LogP contribution is 2.22. The second-order valence-electron chi connectivity index (χ2n) is 5.12. The van der Waals surface area contributed by atoms with E-state index in [4.69, 9.17) is 0 Å². The Labute approximate surface area is 121 Å². The molecule has 5 nitrogen and oxygen atoms in total. The number of nitrogens with zero attached hydrogens (tertiary/aromatic N) is 2. The number of amides is 1. The Morgan fingerprint density at radius 1 is 1.55 bits per heavy atom. The number of rotatable bonds is 3. The van der Waals surface area contributed by atoms with Crippen molar-refractivity contribution in [3.05, 3.63) is 29.3 Å². The fourth-order valence-corrected chi connectivity index (χ4v) is 3.46. The van der Waals surface area contributed by atoms with Crippen LogP contribution in [0.25, 0.3) is 10.2 Å². The Balaban J connectivity index is 1.68. The van der Waals surface area contributed by atoms with Gasteiger partial charge in [0.2, 0.25) is 5.91 Å². The molecular weight excluding hydrogens is 274 g/mol. The predicted octanol–water partition coefficient (Wildman–Crippen LogP) is 0.977. The third-order valence-electron chi connectivity index (χ3n) is 3.49. The number of β-amino-alcohol motifs (C(OH)–C–C–N with tert-alkyl or cyclic N) is 1. The van der Waals surface area contributed by atoms with E-state index in [0.29, 0.717) is 19.5 Å². The van der Waals surface area contributed by atoms with Crippen LogP contribution in [0.15, 0.2) is 24.3 Å². The van der Waals surface area contributed by atoms with Crippen LogP contribution in [-0.2, 0) is 11.3 Å². The van der Waals surface area contributed by atoms with Crippen LogP contribution in [0.5, 0.6) is 0 Å². The van der Waals surface area contributed by atoms with Crippen LogP contribution >= 0.6 is 11.3 Å². The molecule has 2 aromatic rings. The summed E-state index contributed by atoms with van der Waals surface area (Å²) >= 11 is 1.61. The molecule has 1 amide bonds. The van der Waals surface area contributed by atoms with Gasteiger partial charge in [0.15, 0.2) is 0 Å². The fourth-order valence-electron chi connectivity index (χ4n) is 2.44. The molecule has 1 aliphatic heterocycles. The SMILES string of the molecule is CN(Cc1nc2ccccc2s1)C(=O)C1CC(O)CN1.